The molecule has 0 fully saturated rings. The van der Waals surface area contributed by atoms with E-state index in [0.29, 0.717) is 23.4 Å². The maximum Gasteiger partial charge on any atom is 0.338 e. The normalized spacial score (nSPS) is 11.3. The lowest BCUT2D eigenvalue weighted by Gasteiger charge is -2.06. The average molecular weight is 331 g/mol. The van der Waals surface area contributed by atoms with Crippen molar-refractivity contribution in [2.45, 2.75) is 20.3 Å². The van der Waals surface area contributed by atoms with Gasteiger partial charge in [-0.15, -0.1) is 0 Å². The van der Waals surface area contributed by atoms with Crippen LogP contribution in [0.1, 0.15) is 36.2 Å². The molecule has 0 saturated heterocycles. The van der Waals surface area contributed by atoms with Crippen molar-refractivity contribution in [1.82, 2.24) is 9.97 Å². The third-order valence-electron chi connectivity index (χ3n) is 3.19. The Morgan fingerprint density at radius 2 is 1.83 bits per heavy atom. The van der Waals surface area contributed by atoms with Gasteiger partial charge in [-0.1, -0.05) is 6.92 Å². The zero-order chi connectivity index (χ0) is 17.7. The molecule has 0 radical (unpaired) electrons. The fraction of sp³-hybridized carbons (Fsp3) is 0.250. The standard InChI is InChI=1S/C16H17N3O5/c1-3-11(12-13(20)18-16(23)19-14(12)21)17-10-7-5-9(6-8-10)15(22)24-4-2/h5-8H,3-4H2,1-2H3,(H3,18,19,20,21,23). The topological polar surface area (TPSA) is 125 Å². The summed E-state index contributed by atoms with van der Waals surface area (Å²) < 4.78 is 4.90. The van der Waals surface area contributed by atoms with Gasteiger partial charge in [0.25, 0.3) is 5.56 Å². The molecule has 0 saturated carbocycles. The summed E-state index contributed by atoms with van der Waals surface area (Å²) in [6.07, 6.45) is 0.350. The number of nitrogens with zero attached hydrogens (tertiary/aromatic N) is 1. The molecular weight excluding hydrogens is 314 g/mol. The molecule has 3 N–H and O–H groups in total. The number of aromatic hydroxyl groups is 1. The summed E-state index contributed by atoms with van der Waals surface area (Å²) in [6.45, 7) is 3.76. The Bertz CT molecular complexity index is 878. The molecule has 0 amide bonds. The van der Waals surface area contributed by atoms with E-state index in [1.54, 1.807) is 38.1 Å². The summed E-state index contributed by atoms with van der Waals surface area (Å²) in [7, 11) is 0. The molecule has 1 aromatic heterocycles. The number of esters is 1. The molecule has 1 heterocycles. The number of nitrogens with one attached hydrogen (secondary N) is 2. The van der Waals surface area contributed by atoms with Gasteiger partial charge in [-0.05, 0) is 37.6 Å². The SMILES string of the molecule is CCOC(=O)c1ccc(N=C(CC)c2c(O)[nH]c(=O)[nH]c2=O)cc1. The molecule has 2 aromatic rings. The molecule has 0 bridgehead atoms. The number of carbonyl (C=O) groups excluding carboxylic acids is 1. The van der Waals surface area contributed by atoms with Gasteiger partial charge in [0.2, 0.25) is 5.88 Å². The zero-order valence-electron chi connectivity index (χ0n) is 13.3. The molecule has 2 rings (SSSR count). The van der Waals surface area contributed by atoms with Crippen molar-refractivity contribution < 1.29 is 14.6 Å². The molecule has 8 nitrogen and oxygen atoms in total. The molecule has 0 spiro atoms. The van der Waals surface area contributed by atoms with Crippen LogP contribution in [0.25, 0.3) is 0 Å². The van der Waals surface area contributed by atoms with Gasteiger partial charge in [-0.25, -0.2) is 9.59 Å². The lowest BCUT2D eigenvalue weighted by Crippen LogP contribution is -2.27. The number of aromatic amines is 2. The van der Waals surface area contributed by atoms with E-state index in [-0.39, 0.29) is 12.2 Å². The van der Waals surface area contributed by atoms with Crippen molar-refractivity contribution in [3.8, 4) is 5.88 Å². The van der Waals surface area contributed by atoms with Crippen LogP contribution in [0.4, 0.5) is 5.69 Å². The predicted octanol–water partition coefficient (Wildman–Crippen LogP) is 1.48. The first-order chi connectivity index (χ1) is 11.5. The summed E-state index contributed by atoms with van der Waals surface area (Å²) in [5.74, 6) is -0.967. The number of H-pyrrole nitrogens is 2. The van der Waals surface area contributed by atoms with Gasteiger partial charge >= 0.3 is 11.7 Å². The molecule has 8 heteroatoms. The Labute approximate surface area is 136 Å². The summed E-state index contributed by atoms with van der Waals surface area (Å²) in [4.78, 5) is 43.1. The Hall–Kier alpha value is -3.16. The zero-order valence-corrected chi connectivity index (χ0v) is 13.3. The maximum absolute atomic E-state index is 11.9. The Morgan fingerprint density at radius 3 is 2.38 bits per heavy atom. The number of aliphatic imine (C=N–C) groups is 1. The summed E-state index contributed by atoms with van der Waals surface area (Å²) in [6, 6.07) is 6.31. The van der Waals surface area contributed by atoms with Crippen LogP contribution in [0, 0.1) is 0 Å². The van der Waals surface area contributed by atoms with Crippen molar-refractivity contribution in [3.63, 3.8) is 0 Å². The Kier molecular flexibility index (Phi) is 5.31. The summed E-state index contributed by atoms with van der Waals surface area (Å²) in [5, 5.41) is 9.81. The molecule has 0 aliphatic heterocycles. The second-order valence-electron chi connectivity index (χ2n) is 4.81. The fourth-order valence-corrected chi connectivity index (χ4v) is 2.10. The predicted molar refractivity (Wildman–Crippen MR) is 88.2 cm³/mol. The average Bonchev–Trinajstić information content (AvgIpc) is 2.53. The van der Waals surface area contributed by atoms with Gasteiger partial charge in [0.1, 0.15) is 5.56 Å². The van der Waals surface area contributed by atoms with Gasteiger partial charge < -0.3 is 9.84 Å². The number of hydrogen-bond donors (Lipinski definition) is 3. The highest BCUT2D eigenvalue weighted by Crippen LogP contribution is 2.18. The van der Waals surface area contributed by atoms with E-state index in [0.717, 1.165) is 0 Å². The van der Waals surface area contributed by atoms with E-state index in [1.807, 2.05) is 4.98 Å². The van der Waals surface area contributed by atoms with Crippen LogP contribution in [0.2, 0.25) is 0 Å². The largest absolute Gasteiger partial charge is 0.494 e. The van der Waals surface area contributed by atoms with Crippen molar-refractivity contribution in [1.29, 1.82) is 0 Å². The second kappa shape index (κ2) is 7.40. The smallest absolute Gasteiger partial charge is 0.338 e. The molecule has 24 heavy (non-hydrogen) atoms. The molecule has 0 atom stereocenters. The number of carbonyl (C=O) groups is 1. The van der Waals surface area contributed by atoms with Crippen molar-refractivity contribution in [2.75, 3.05) is 6.61 Å². The number of benzene rings is 1. The minimum Gasteiger partial charge on any atom is -0.494 e. The van der Waals surface area contributed by atoms with E-state index in [4.69, 9.17) is 4.74 Å². The van der Waals surface area contributed by atoms with E-state index >= 15 is 0 Å². The lowest BCUT2D eigenvalue weighted by atomic mass is 10.1. The number of rotatable bonds is 5. The number of aromatic nitrogens is 2. The molecular formula is C16H17N3O5. The van der Waals surface area contributed by atoms with Crippen molar-refractivity contribution >= 4 is 17.4 Å². The van der Waals surface area contributed by atoms with Crippen LogP contribution in [-0.4, -0.2) is 33.4 Å². The first kappa shape index (κ1) is 17.2. The number of ether oxygens (including phenoxy) is 1. The van der Waals surface area contributed by atoms with Gasteiger partial charge in [0, 0.05) is 0 Å². The lowest BCUT2D eigenvalue weighted by molar-refractivity contribution is 0.0526. The fourth-order valence-electron chi connectivity index (χ4n) is 2.10. The summed E-state index contributed by atoms with van der Waals surface area (Å²) in [5.41, 5.74) is -0.431. The molecule has 1 aromatic carbocycles. The van der Waals surface area contributed by atoms with Crippen LogP contribution in [0.3, 0.4) is 0 Å². The second-order valence-corrected chi connectivity index (χ2v) is 4.81. The van der Waals surface area contributed by atoms with Gasteiger partial charge in [0.15, 0.2) is 0 Å². The highest BCUT2D eigenvalue weighted by molar-refractivity contribution is 6.03. The van der Waals surface area contributed by atoms with Crippen molar-refractivity contribution in [2.24, 2.45) is 4.99 Å². The van der Waals surface area contributed by atoms with E-state index in [1.165, 1.54) is 0 Å². The third-order valence-corrected chi connectivity index (χ3v) is 3.19. The third kappa shape index (κ3) is 3.78. The van der Waals surface area contributed by atoms with E-state index in [9.17, 15) is 19.5 Å². The quantitative estimate of drug-likeness (QED) is 0.565. The molecule has 0 aliphatic rings. The molecule has 0 unspecified atom stereocenters. The Morgan fingerprint density at radius 1 is 1.17 bits per heavy atom. The Balaban J connectivity index is 2.40. The first-order valence-corrected chi connectivity index (χ1v) is 7.37. The monoisotopic (exact) mass is 331 g/mol. The van der Waals surface area contributed by atoms with Gasteiger partial charge in [-0.2, -0.15) is 0 Å². The highest BCUT2D eigenvalue weighted by atomic mass is 16.5. The number of hydrogen-bond acceptors (Lipinski definition) is 6. The van der Waals surface area contributed by atoms with Crippen molar-refractivity contribution in [3.05, 3.63) is 56.2 Å². The van der Waals surface area contributed by atoms with E-state index in [2.05, 4.69) is 9.98 Å². The van der Waals surface area contributed by atoms with Crippen LogP contribution in [0.15, 0.2) is 38.8 Å². The maximum atomic E-state index is 11.9. The van der Waals surface area contributed by atoms with Crippen LogP contribution in [-0.2, 0) is 4.74 Å². The minimum atomic E-state index is -0.796. The van der Waals surface area contributed by atoms with Gasteiger partial charge in [-0.3, -0.25) is 19.8 Å². The minimum absolute atomic E-state index is 0.0911. The molecule has 0 aliphatic carbocycles. The van der Waals surface area contributed by atoms with E-state index < -0.39 is 23.1 Å². The molecule has 126 valence electrons. The highest BCUT2D eigenvalue weighted by Gasteiger charge is 2.14. The van der Waals surface area contributed by atoms with Crippen LogP contribution >= 0.6 is 0 Å². The summed E-state index contributed by atoms with van der Waals surface area (Å²) >= 11 is 0. The van der Waals surface area contributed by atoms with Crippen LogP contribution in [0.5, 0.6) is 5.88 Å². The van der Waals surface area contributed by atoms with Gasteiger partial charge in [0.05, 0.1) is 23.6 Å². The van der Waals surface area contributed by atoms with Crippen LogP contribution < -0.4 is 11.2 Å². The first-order valence-electron chi connectivity index (χ1n) is 7.37.